The SMILES string of the molecule is COc1cccc(NC(=O)C(Nc2ccc(C)c(C)c2)c2ccccc2)c1. The van der Waals surface area contributed by atoms with Crippen molar-refractivity contribution in [1.82, 2.24) is 0 Å². The first-order chi connectivity index (χ1) is 13.1. The summed E-state index contributed by atoms with van der Waals surface area (Å²) < 4.78 is 5.23. The van der Waals surface area contributed by atoms with Gasteiger partial charge in [-0.05, 0) is 54.8 Å². The molecule has 0 spiro atoms. The lowest BCUT2D eigenvalue weighted by atomic mass is 10.0. The number of ether oxygens (including phenoxy) is 1. The Morgan fingerprint density at radius 1 is 0.852 bits per heavy atom. The average molecular weight is 360 g/mol. The zero-order valence-corrected chi connectivity index (χ0v) is 15.8. The summed E-state index contributed by atoms with van der Waals surface area (Å²) in [5.41, 5.74) is 4.91. The molecule has 0 heterocycles. The number of methoxy groups -OCH3 is 1. The third-order valence-corrected chi connectivity index (χ3v) is 4.55. The smallest absolute Gasteiger partial charge is 0.251 e. The zero-order chi connectivity index (χ0) is 19.2. The van der Waals surface area contributed by atoms with E-state index in [0.29, 0.717) is 11.4 Å². The standard InChI is InChI=1S/C23H24N2O2/c1-16-12-13-20(14-17(16)2)24-22(18-8-5-4-6-9-18)23(26)25-19-10-7-11-21(15-19)27-3/h4-15,22,24H,1-3H3,(H,25,26). The summed E-state index contributed by atoms with van der Waals surface area (Å²) in [6, 6.07) is 22.6. The van der Waals surface area contributed by atoms with E-state index in [1.807, 2.05) is 54.6 Å². The maximum absolute atomic E-state index is 13.1. The third kappa shape index (κ3) is 4.67. The highest BCUT2D eigenvalue weighted by Gasteiger charge is 2.21. The first kappa shape index (κ1) is 18.5. The Morgan fingerprint density at radius 3 is 2.33 bits per heavy atom. The molecule has 0 bridgehead atoms. The number of rotatable bonds is 6. The van der Waals surface area contributed by atoms with E-state index in [1.165, 1.54) is 11.1 Å². The van der Waals surface area contributed by atoms with E-state index in [4.69, 9.17) is 4.74 Å². The van der Waals surface area contributed by atoms with E-state index >= 15 is 0 Å². The van der Waals surface area contributed by atoms with Crippen molar-refractivity contribution in [3.05, 3.63) is 89.5 Å². The maximum Gasteiger partial charge on any atom is 0.251 e. The van der Waals surface area contributed by atoms with Gasteiger partial charge in [-0.15, -0.1) is 0 Å². The number of carbonyl (C=O) groups excluding carboxylic acids is 1. The Kier molecular flexibility index (Phi) is 5.77. The number of aryl methyl sites for hydroxylation is 2. The minimum atomic E-state index is -0.514. The van der Waals surface area contributed by atoms with Crippen molar-refractivity contribution < 1.29 is 9.53 Å². The number of amides is 1. The lowest BCUT2D eigenvalue weighted by Crippen LogP contribution is -2.27. The summed E-state index contributed by atoms with van der Waals surface area (Å²) in [5, 5.41) is 6.35. The molecule has 3 rings (SSSR count). The molecule has 138 valence electrons. The normalized spacial score (nSPS) is 11.5. The second-order valence-corrected chi connectivity index (χ2v) is 6.51. The molecule has 3 aromatic carbocycles. The average Bonchev–Trinajstić information content (AvgIpc) is 2.69. The monoisotopic (exact) mass is 360 g/mol. The molecule has 0 aliphatic carbocycles. The van der Waals surface area contributed by atoms with Gasteiger partial charge in [0.15, 0.2) is 0 Å². The minimum Gasteiger partial charge on any atom is -0.497 e. The molecule has 4 heteroatoms. The van der Waals surface area contributed by atoms with E-state index in [-0.39, 0.29) is 5.91 Å². The van der Waals surface area contributed by atoms with Gasteiger partial charge < -0.3 is 15.4 Å². The van der Waals surface area contributed by atoms with Gasteiger partial charge in [0.05, 0.1) is 7.11 Å². The van der Waals surface area contributed by atoms with Gasteiger partial charge in [-0.3, -0.25) is 4.79 Å². The van der Waals surface area contributed by atoms with Crippen LogP contribution in [0.5, 0.6) is 5.75 Å². The fourth-order valence-corrected chi connectivity index (χ4v) is 2.86. The number of hydrogen-bond acceptors (Lipinski definition) is 3. The minimum absolute atomic E-state index is 0.132. The van der Waals surface area contributed by atoms with Crippen LogP contribution in [0.4, 0.5) is 11.4 Å². The number of hydrogen-bond donors (Lipinski definition) is 2. The first-order valence-electron chi connectivity index (χ1n) is 8.90. The van der Waals surface area contributed by atoms with Crippen molar-refractivity contribution in [3.8, 4) is 5.75 Å². The molecule has 27 heavy (non-hydrogen) atoms. The van der Waals surface area contributed by atoms with Crippen molar-refractivity contribution in [2.45, 2.75) is 19.9 Å². The van der Waals surface area contributed by atoms with Crippen LogP contribution in [0, 0.1) is 13.8 Å². The Balaban J connectivity index is 1.87. The van der Waals surface area contributed by atoms with Gasteiger partial charge >= 0.3 is 0 Å². The highest BCUT2D eigenvalue weighted by molar-refractivity contribution is 5.97. The summed E-state index contributed by atoms with van der Waals surface area (Å²) in [6.45, 7) is 4.14. The second-order valence-electron chi connectivity index (χ2n) is 6.51. The van der Waals surface area contributed by atoms with Crippen LogP contribution in [-0.2, 0) is 4.79 Å². The fourth-order valence-electron chi connectivity index (χ4n) is 2.86. The lowest BCUT2D eigenvalue weighted by molar-refractivity contribution is -0.117. The quantitative estimate of drug-likeness (QED) is 0.643. The van der Waals surface area contributed by atoms with Gasteiger partial charge in [0.1, 0.15) is 11.8 Å². The van der Waals surface area contributed by atoms with Gasteiger partial charge in [-0.2, -0.15) is 0 Å². The topological polar surface area (TPSA) is 50.4 Å². The van der Waals surface area contributed by atoms with Gasteiger partial charge in [-0.1, -0.05) is 42.5 Å². The molecule has 2 N–H and O–H groups in total. The summed E-state index contributed by atoms with van der Waals surface area (Å²) in [7, 11) is 1.61. The molecular weight excluding hydrogens is 336 g/mol. The van der Waals surface area contributed by atoms with E-state index in [0.717, 1.165) is 11.3 Å². The molecule has 1 atom stereocenters. The largest absolute Gasteiger partial charge is 0.497 e. The van der Waals surface area contributed by atoms with Crippen molar-refractivity contribution in [3.63, 3.8) is 0 Å². The Bertz CT molecular complexity index is 923. The predicted molar refractivity (Wildman–Crippen MR) is 110 cm³/mol. The van der Waals surface area contributed by atoms with Gasteiger partial charge in [0, 0.05) is 17.4 Å². The number of nitrogens with one attached hydrogen (secondary N) is 2. The highest BCUT2D eigenvalue weighted by Crippen LogP contribution is 2.24. The van der Waals surface area contributed by atoms with Crippen LogP contribution >= 0.6 is 0 Å². The second kappa shape index (κ2) is 8.41. The summed E-state index contributed by atoms with van der Waals surface area (Å²) in [5.74, 6) is 0.568. The van der Waals surface area contributed by atoms with Crippen LogP contribution in [-0.4, -0.2) is 13.0 Å². The molecule has 0 aliphatic heterocycles. The molecule has 0 saturated heterocycles. The molecule has 0 aliphatic rings. The molecule has 0 aromatic heterocycles. The number of benzene rings is 3. The Labute approximate surface area is 160 Å². The van der Waals surface area contributed by atoms with Gasteiger partial charge in [0.25, 0.3) is 5.91 Å². The maximum atomic E-state index is 13.1. The van der Waals surface area contributed by atoms with E-state index in [9.17, 15) is 4.79 Å². The highest BCUT2D eigenvalue weighted by atomic mass is 16.5. The Morgan fingerprint density at radius 2 is 1.63 bits per heavy atom. The molecule has 3 aromatic rings. The van der Waals surface area contributed by atoms with Crippen molar-refractivity contribution in [1.29, 1.82) is 0 Å². The van der Waals surface area contributed by atoms with Crippen LogP contribution in [0.2, 0.25) is 0 Å². The van der Waals surface area contributed by atoms with Gasteiger partial charge in [0.2, 0.25) is 0 Å². The van der Waals surface area contributed by atoms with Gasteiger partial charge in [-0.25, -0.2) is 0 Å². The fraction of sp³-hybridized carbons (Fsp3) is 0.174. The van der Waals surface area contributed by atoms with Crippen molar-refractivity contribution in [2.75, 3.05) is 17.7 Å². The van der Waals surface area contributed by atoms with Crippen LogP contribution < -0.4 is 15.4 Å². The van der Waals surface area contributed by atoms with E-state index in [2.05, 4.69) is 36.6 Å². The van der Waals surface area contributed by atoms with Crippen LogP contribution in [0.1, 0.15) is 22.7 Å². The zero-order valence-electron chi connectivity index (χ0n) is 15.8. The summed E-state index contributed by atoms with van der Waals surface area (Å²) >= 11 is 0. The Hall–Kier alpha value is -3.27. The van der Waals surface area contributed by atoms with Crippen molar-refractivity contribution in [2.24, 2.45) is 0 Å². The first-order valence-corrected chi connectivity index (χ1v) is 8.90. The number of carbonyl (C=O) groups is 1. The molecule has 4 nitrogen and oxygen atoms in total. The van der Waals surface area contributed by atoms with Crippen LogP contribution in [0.3, 0.4) is 0 Å². The molecule has 1 amide bonds. The predicted octanol–water partition coefficient (Wildman–Crippen LogP) is 5.10. The van der Waals surface area contributed by atoms with Crippen molar-refractivity contribution >= 4 is 17.3 Å². The molecule has 1 unspecified atom stereocenters. The van der Waals surface area contributed by atoms with E-state index in [1.54, 1.807) is 13.2 Å². The van der Waals surface area contributed by atoms with Crippen LogP contribution in [0.15, 0.2) is 72.8 Å². The molecule has 0 fully saturated rings. The molecule has 0 radical (unpaired) electrons. The summed E-state index contributed by atoms with van der Waals surface area (Å²) in [6.07, 6.45) is 0. The number of anilines is 2. The summed E-state index contributed by atoms with van der Waals surface area (Å²) in [4.78, 5) is 13.1. The molecular formula is C23H24N2O2. The van der Waals surface area contributed by atoms with E-state index < -0.39 is 6.04 Å². The molecule has 0 saturated carbocycles. The lowest BCUT2D eigenvalue weighted by Gasteiger charge is -2.21. The third-order valence-electron chi connectivity index (χ3n) is 4.55. The van der Waals surface area contributed by atoms with Crippen LogP contribution in [0.25, 0.3) is 0 Å².